The van der Waals surface area contributed by atoms with E-state index in [0.717, 1.165) is 20.8 Å². The van der Waals surface area contributed by atoms with Crippen LogP contribution in [0.25, 0.3) is 32.1 Å². The predicted octanol–water partition coefficient (Wildman–Crippen LogP) is 5.19. The van der Waals surface area contributed by atoms with Gasteiger partial charge in [-0.3, -0.25) is 9.36 Å². The summed E-state index contributed by atoms with van der Waals surface area (Å²) in [5.41, 5.74) is 2.53. The molecule has 3 heterocycles. The average Bonchev–Trinajstić information content (AvgIpc) is 3.36. The minimum absolute atomic E-state index is 0.125. The van der Waals surface area contributed by atoms with Crippen LogP contribution in [0.15, 0.2) is 70.2 Å². The Morgan fingerprint density at radius 3 is 2.67 bits per heavy atom. The lowest BCUT2D eigenvalue weighted by Gasteiger charge is -2.02. The van der Waals surface area contributed by atoms with Crippen molar-refractivity contribution in [2.24, 2.45) is 0 Å². The topological polar surface area (TPSA) is 73.8 Å². The van der Waals surface area contributed by atoms with Crippen molar-refractivity contribution in [2.75, 3.05) is 0 Å². The van der Waals surface area contributed by atoms with E-state index in [9.17, 15) is 4.79 Å². The molecule has 0 saturated carbocycles. The predicted molar refractivity (Wildman–Crippen MR) is 118 cm³/mol. The van der Waals surface area contributed by atoms with Gasteiger partial charge in [-0.2, -0.15) is 4.98 Å². The Hall–Kier alpha value is -3.29. The second kappa shape index (κ2) is 7.51. The lowest BCUT2D eigenvalue weighted by molar-refractivity contribution is 0.420. The third-order valence-corrected chi connectivity index (χ3v) is 6.42. The standard InChI is InChI=1S/C22H15ClN4O2S/c1-13-18-21(30-19(13)14-7-3-2-4-8-14)24-12-27(22(18)28)11-17-25-20(29-26-17)15-9-5-6-10-16(15)23/h2-10,12H,11H2,1H3. The van der Waals surface area contributed by atoms with Crippen LogP contribution in [0.3, 0.4) is 0 Å². The van der Waals surface area contributed by atoms with E-state index in [4.69, 9.17) is 16.1 Å². The first-order chi connectivity index (χ1) is 14.6. The van der Waals surface area contributed by atoms with E-state index < -0.39 is 0 Å². The molecule has 0 radical (unpaired) electrons. The van der Waals surface area contributed by atoms with Crippen molar-refractivity contribution >= 4 is 33.2 Å². The summed E-state index contributed by atoms with van der Waals surface area (Å²) in [7, 11) is 0. The smallest absolute Gasteiger partial charge is 0.262 e. The van der Waals surface area contributed by atoms with E-state index >= 15 is 0 Å². The lowest BCUT2D eigenvalue weighted by atomic mass is 10.1. The summed E-state index contributed by atoms with van der Waals surface area (Å²) in [5.74, 6) is 0.695. The summed E-state index contributed by atoms with van der Waals surface area (Å²) in [6.07, 6.45) is 1.53. The Labute approximate surface area is 180 Å². The van der Waals surface area contributed by atoms with Crippen molar-refractivity contribution in [1.29, 1.82) is 0 Å². The Balaban J connectivity index is 1.52. The molecule has 148 valence electrons. The molecule has 0 unspecified atom stereocenters. The fourth-order valence-corrected chi connectivity index (χ4v) is 4.71. The molecule has 30 heavy (non-hydrogen) atoms. The van der Waals surface area contributed by atoms with Crippen LogP contribution in [0.5, 0.6) is 0 Å². The zero-order valence-corrected chi connectivity index (χ0v) is 17.4. The zero-order valence-electron chi connectivity index (χ0n) is 15.9. The molecule has 0 aliphatic rings. The van der Waals surface area contributed by atoms with Gasteiger partial charge in [0.15, 0.2) is 5.82 Å². The molecular formula is C22H15ClN4O2S. The number of hydrogen-bond donors (Lipinski definition) is 0. The Kier molecular flexibility index (Phi) is 4.69. The maximum absolute atomic E-state index is 13.2. The van der Waals surface area contributed by atoms with Gasteiger partial charge in [0, 0.05) is 4.88 Å². The molecule has 2 aromatic carbocycles. The van der Waals surface area contributed by atoms with Crippen molar-refractivity contribution < 1.29 is 4.52 Å². The lowest BCUT2D eigenvalue weighted by Crippen LogP contribution is -2.21. The molecule has 0 spiro atoms. The second-order valence-electron chi connectivity index (χ2n) is 6.78. The van der Waals surface area contributed by atoms with Gasteiger partial charge in [-0.15, -0.1) is 11.3 Å². The molecule has 0 N–H and O–H groups in total. The summed E-state index contributed by atoms with van der Waals surface area (Å²) >= 11 is 7.72. The molecule has 5 aromatic rings. The second-order valence-corrected chi connectivity index (χ2v) is 8.18. The maximum atomic E-state index is 13.2. The van der Waals surface area contributed by atoms with Crippen LogP contribution in [0.1, 0.15) is 11.4 Å². The molecular weight excluding hydrogens is 420 g/mol. The van der Waals surface area contributed by atoms with Crippen LogP contribution in [-0.4, -0.2) is 19.7 Å². The van der Waals surface area contributed by atoms with Crippen molar-refractivity contribution in [2.45, 2.75) is 13.5 Å². The fraction of sp³-hybridized carbons (Fsp3) is 0.0909. The number of benzene rings is 2. The summed E-state index contributed by atoms with van der Waals surface area (Å²) in [5, 5.41) is 5.14. The Morgan fingerprint density at radius 2 is 1.87 bits per heavy atom. The Morgan fingerprint density at radius 1 is 1.10 bits per heavy atom. The third-order valence-electron chi connectivity index (χ3n) is 4.84. The van der Waals surface area contributed by atoms with Gasteiger partial charge in [0.1, 0.15) is 4.83 Å². The van der Waals surface area contributed by atoms with E-state index in [1.54, 1.807) is 12.1 Å². The first kappa shape index (κ1) is 18.7. The van der Waals surface area contributed by atoms with Gasteiger partial charge in [-0.25, -0.2) is 4.98 Å². The summed E-state index contributed by atoms with van der Waals surface area (Å²) in [6, 6.07) is 17.2. The van der Waals surface area contributed by atoms with Crippen molar-refractivity contribution in [1.82, 2.24) is 19.7 Å². The molecule has 3 aromatic heterocycles. The average molecular weight is 435 g/mol. The van der Waals surface area contributed by atoms with Gasteiger partial charge in [0.05, 0.1) is 28.8 Å². The Bertz CT molecular complexity index is 1420. The van der Waals surface area contributed by atoms with Gasteiger partial charge >= 0.3 is 0 Å². The summed E-state index contributed by atoms with van der Waals surface area (Å²) < 4.78 is 6.84. The van der Waals surface area contributed by atoms with Crippen LogP contribution in [0.4, 0.5) is 0 Å². The molecule has 5 rings (SSSR count). The van der Waals surface area contributed by atoms with Crippen LogP contribution in [0.2, 0.25) is 5.02 Å². The quantitative estimate of drug-likeness (QED) is 0.389. The monoisotopic (exact) mass is 434 g/mol. The van der Waals surface area contributed by atoms with Crippen LogP contribution < -0.4 is 5.56 Å². The number of aromatic nitrogens is 4. The van der Waals surface area contributed by atoms with E-state index in [0.29, 0.717) is 27.7 Å². The number of thiophene rings is 1. The first-order valence-corrected chi connectivity index (χ1v) is 10.4. The van der Waals surface area contributed by atoms with Crippen molar-refractivity contribution in [3.8, 4) is 21.9 Å². The molecule has 0 amide bonds. The minimum Gasteiger partial charge on any atom is -0.334 e. The number of fused-ring (bicyclic) bond motifs is 1. The summed E-state index contributed by atoms with van der Waals surface area (Å²) in [4.78, 5) is 23.8. The summed E-state index contributed by atoms with van der Waals surface area (Å²) in [6.45, 7) is 2.12. The zero-order chi connectivity index (χ0) is 20.7. The molecule has 8 heteroatoms. The minimum atomic E-state index is -0.125. The number of rotatable bonds is 4. The van der Waals surface area contributed by atoms with Gasteiger partial charge in [-0.05, 0) is 30.2 Å². The molecule has 0 aliphatic heterocycles. The van der Waals surface area contributed by atoms with E-state index in [2.05, 4.69) is 15.1 Å². The molecule has 6 nitrogen and oxygen atoms in total. The van der Waals surface area contributed by atoms with Crippen LogP contribution in [0, 0.1) is 6.92 Å². The maximum Gasteiger partial charge on any atom is 0.262 e. The van der Waals surface area contributed by atoms with Gasteiger partial charge in [0.25, 0.3) is 11.4 Å². The number of halogens is 1. The molecule has 0 atom stereocenters. The highest BCUT2D eigenvalue weighted by atomic mass is 35.5. The number of nitrogens with zero attached hydrogens (tertiary/aromatic N) is 4. The largest absolute Gasteiger partial charge is 0.334 e. The molecule has 0 saturated heterocycles. The SMILES string of the molecule is Cc1c(-c2ccccc2)sc2ncn(Cc3noc(-c4ccccc4Cl)n3)c(=O)c12. The van der Waals surface area contributed by atoms with Gasteiger partial charge in [0.2, 0.25) is 0 Å². The molecule has 0 aliphatic carbocycles. The van der Waals surface area contributed by atoms with E-state index in [1.165, 1.54) is 22.2 Å². The highest BCUT2D eigenvalue weighted by Gasteiger charge is 2.17. The first-order valence-electron chi connectivity index (χ1n) is 9.23. The normalized spacial score (nSPS) is 11.3. The van der Waals surface area contributed by atoms with E-state index in [1.807, 2.05) is 49.4 Å². The third kappa shape index (κ3) is 3.22. The van der Waals surface area contributed by atoms with Crippen molar-refractivity contribution in [3.05, 3.63) is 87.7 Å². The van der Waals surface area contributed by atoms with E-state index in [-0.39, 0.29) is 12.1 Å². The fourth-order valence-electron chi connectivity index (χ4n) is 3.35. The number of aryl methyl sites for hydroxylation is 1. The van der Waals surface area contributed by atoms with Gasteiger partial charge in [-0.1, -0.05) is 59.2 Å². The van der Waals surface area contributed by atoms with Crippen LogP contribution >= 0.6 is 22.9 Å². The molecule has 0 bridgehead atoms. The highest BCUT2D eigenvalue weighted by molar-refractivity contribution is 7.22. The van der Waals surface area contributed by atoms with Crippen LogP contribution in [-0.2, 0) is 6.54 Å². The van der Waals surface area contributed by atoms with Gasteiger partial charge < -0.3 is 4.52 Å². The number of hydrogen-bond acceptors (Lipinski definition) is 6. The molecule has 0 fully saturated rings. The van der Waals surface area contributed by atoms with Crippen molar-refractivity contribution in [3.63, 3.8) is 0 Å². The highest BCUT2D eigenvalue weighted by Crippen LogP contribution is 2.35.